The van der Waals surface area contributed by atoms with Crippen LogP contribution in [-0.4, -0.2) is 62.2 Å². The molecule has 2 aromatic rings. The zero-order valence-corrected chi connectivity index (χ0v) is 28.0. The number of rotatable bonds is 7. The van der Waals surface area contributed by atoms with Crippen LogP contribution in [-0.2, 0) is 23.8 Å². The molecule has 3 saturated carbocycles. The summed E-state index contributed by atoms with van der Waals surface area (Å²) in [6.07, 6.45) is 9.91. The summed E-state index contributed by atoms with van der Waals surface area (Å²) in [4.78, 5) is 36.5. The Balaban J connectivity index is 1.09. The van der Waals surface area contributed by atoms with Crippen molar-refractivity contribution in [3.8, 4) is 0 Å². The van der Waals surface area contributed by atoms with Crippen LogP contribution in [0.3, 0.4) is 0 Å². The standard InChI is InChI=1S/C39H43NO9/c1-25-38(49-34(42)16-12-26-7-5-4-6-8-26)21-22-39(44)36(38,3)32(47-25)24-31-35(2)19-18-30(23-28(35)17-20-37(31,39)43)48-33(41)15-11-27-9-13-29(14-10-27)40(45)46/h4-17,25,30-32,43-44H,18-24H2,1-3H3/b15-11+,16-12+/t25-,30+,31-,32-,35+,36-,37+,38-,39-/m1/s1. The Morgan fingerprint density at radius 3 is 2.33 bits per heavy atom. The summed E-state index contributed by atoms with van der Waals surface area (Å²) in [7, 11) is 0. The van der Waals surface area contributed by atoms with Crippen LogP contribution in [0.4, 0.5) is 5.69 Å². The van der Waals surface area contributed by atoms with Gasteiger partial charge in [-0.1, -0.05) is 55.8 Å². The van der Waals surface area contributed by atoms with Crippen LogP contribution < -0.4 is 0 Å². The molecule has 0 amide bonds. The van der Waals surface area contributed by atoms with Crippen LogP contribution in [0.25, 0.3) is 12.2 Å². The van der Waals surface area contributed by atoms with E-state index in [0.717, 1.165) is 11.1 Å². The van der Waals surface area contributed by atoms with Gasteiger partial charge in [-0.2, -0.15) is 0 Å². The van der Waals surface area contributed by atoms with Gasteiger partial charge in [-0.25, -0.2) is 9.59 Å². The van der Waals surface area contributed by atoms with E-state index in [9.17, 15) is 29.9 Å². The molecular formula is C39H43NO9. The summed E-state index contributed by atoms with van der Waals surface area (Å²) in [6, 6.07) is 15.4. The fourth-order valence-corrected chi connectivity index (χ4v) is 10.2. The van der Waals surface area contributed by atoms with Gasteiger partial charge in [0.05, 0.1) is 22.5 Å². The van der Waals surface area contributed by atoms with Gasteiger partial charge >= 0.3 is 11.9 Å². The molecule has 10 heteroatoms. The van der Waals surface area contributed by atoms with Crippen molar-refractivity contribution < 1.29 is 38.9 Å². The molecule has 0 radical (unpaired) electrons. The van der Waals surface area contributed by atoms with Crippen molar-refractivity contribution in [1.29, 1.82) is 0 Å². The molecule has 1 saturated heterocycles. The summed E-state index contributed by atoms with van der Waals surface area (Å²) < 4.78 is 18.8. The van der Waals surface area contributed by atoms with Gasteiger partial charge in [0.1, 0.15) is 22.9 Å². The molecule has 1 heterocycles. The van der Waals surface area contributed by atoms with Gasteiger partial charge in [-0.15, -0.1) is 0 Å². The van der Waals surface area contributed by atoms with Gasteiger partial charge in [0.15, 0.2) is 0 Å². The lowest BCUT2D eigenvalue weighted by molar-refractivity contribution is -0.384. The number of nitro groups is 1. The van der Waals surface area contributed by atoms with Crippen molar-refractivity contribution >= 4 is 29.8 Å². The molecule has 0 unspecified atom stereocenters. The summed E-state index contributed by atoms with van der Waals surface area (Å²) in [5.41, 5.74) is -3.06. The SMILES string of the molecule is C[C@H]1O[C@@H]2C[C@@H]3[C@@]4(C)CC[C@H](OC(=O)/C=C/c5ccc([N+](=O)[O-])cc5)CC4=CC[C@@]3(O)[C@@]3(O)CC[C@]1(OC(=O)/C=C/c1ccccc1)[C@@]23C. The van der Waals surface area contributed by atoms with Gasteiger partial charge in [0, 0.05) is 36.6 Å². The second-order valence-corrected chi connectivity index (χ2v) is 14.9. The number of ether oxygens (including phenoxy) is 3. The smallest absolute Gasteiger partial charge is 0.331 e. The summed E-state index contributed by atoms with van der Waals surface area (Å²) >= 11 is 0. The number of carbonyl (C=O) groups excluding carboxylic acids is 2. The molecule has 49 heavy (non-hydrogen) atoms. The normalized spacial score (nSPS) is 39.2. The molecule has 258 valence electrons. The lowest BCUT2D eigenvalue weighted by Gasteiger charge is -2.65. The van der Waals surface area contributed by atoms with Crippen molar-refractivity contribution in [3.63, 3.8) is 0 Å². The van der Waals surface area contributed by atoms with Crippen LogP contribution in [0.2, 0.25) is 0 Å². The lowest BCUT2D eigenvalue weighted by atomic mass is 9.43. The second-order valence-electron chi connectivity index (χ2n) is 14.9. The Morgan fingerprint density at radius 2 is 1.63 bits per heavy atom. The quantitative estimate of drug-likeness (QED) is 0.117. The maximum atomic E-state index is 13.3. The molecule has 4 fully saturated rings. The van der Waals surface area contributed by atoms with Crippen molar-refractivity contribution in [2.75, 3.05) is 0 Å². The molecule has 9 atom stereocenters. The molecule has 4 aliphatic carbocycles. The predicted octanol–water partition coefficient (Wildman–Crippen LogP) is 6.11. The lowest BCUT2D eigenvalue weighted by Crippen LogP contribution is -2.76. The van der Waals surface area contributed by atoms with Crippen LogP contribution >= 0.6 is 0 Å². The van der Waals surface area contributed by atoms with E-state index in [1.165, 1.54) is 24.3 Å². The monoisotopic (exact) mass is 669 g/mol. The number of non-ortho nitro benzene ring substituents is 1. The first-order chi connectivity index (χ1) is 23.3. The first-order valence-electron chi connectivity index (χ1n) is 17.1. The topological polar surface area (TPSA) is 145 Å². The summed E-state index contributed by atoms with van der Waals surface area (Å²) in [5.74, 6) is -1.32. The number of nitrogens with zero attached hydrogens (tertiary/aromatic N) is 1. The molecule has 2 aromatic carbocycles. The average molecular weight is 670 g/mol. The fraction of sp³-hybridized carbons (Fsp3) is 0.487. The van der Waals surface area contributed by atoms with Crippen LogP contribution in [0.1, 0.15) is 76.8 Å². The van der Waals surface area contributed by atoms with E-state index in [0.29, 0.717) is 37.7 Å². The highest BCUT2D eigenvalue weighted by atomic mass is 16.6. The third-order valence-electron chi connectivity index (χ3n) is 12.9. The Labute approximate surface area is 285 Å². The highest BCUT2D eigenvalue weighted by Crippen LogP contribution is 2.74. The minimum absolute atomic E-state index is 0.0241. The summed E-state index contributed by atoms with van der Waals surface area (Å²) in [6.45, 7) is 5.97. The van der Waals surface area contributed by atoms with E-state index in [2.05, 4.69) is 6.92 Å². The fourth-order valence-electron chi connectivity index (χ4n) is 10.2. The molecule has 0 aromatic heterocycles. The van der Waals surface area contributed by atoms with Gasteiger partial charge < -0.3 is 24.4 Å². The van der Waals surface area contributed by atoms with Gasteiger partial charge in [0.25, 0.3) is 5.69 Å². The van der Waals surface area contributed by atoms with E-state index in [4.69, 9.17) is 14.2 Å². The van der Waals surface area contributed by atoms with Crippen molar-refractivity contribution in [1.82, 2.24) is 0 Å². The van der Waals surface area contributed by atoms with Crippen molar-refractivity contribution in [2.45, 2.75) is 101 Å². The first kappa shape index (κ1) is 33.4. The van der Waals surface area contributed by atoms with Gasteiger partial charge in [-0.05, 0) is 86.3 Å². The Morgan fingerprint density at radius 1 is 0.959 bits per heavy atom. The van der Waals surface area contributed by atoms with Crippen LogP contribution in [0.5, 0.6) is 0 Å². The van der Waals surface area contributed by atoms with Crippen molar-refractivity contribution in [3.05, 3.63) is 99.6 Å². The first-order valence-corrected chi connectivity index (χ1v) is 17.1. The van der Waals surface area contributed by atoms with Crippen LogP contribution in [0, 0.1) is 26.9 Å². The third-order valence-corrected chi connectivity index (χ3v) is 12.9. The maximum absolute atomic E-state index is 13.3. The minimum Gasteiger partial charge on any atom is -0.459 e. The maximum Gasteiger partial charge on any atom is 0.331 e. The number of hydrogen-bond acceptors (Lipinski definition) is 9. The Bertz CT molecular complexity index is 1750. The largest absolute Gasteiger partial charge is 0.459 e. The van der Waals surface area contributed by atoms with E-state index in [1.807, 2.05) is 50.3 Å². The number of carbonyl (C=O) groups is 2. The Kier molecular flexibility index (Phi) is 8.00. The zero-order valence-electron chi connectivity index (χ0n) is 28.0. The Hall–Kier alpha value is -4.12. The van der Waals surface area contributed by atoms with E-state index < -0.39 is 56.7 Å². The molecule has 10 nitrogen and oxygen atoms in total. The average Bonchev–Trinajstić information content (AvgIpc) is 3.45. The molecule has 7 rings (SSSR count). The molecule has 2 N–H and O–H groups in total. The molecule has 5 aliphatic rings. The van der Waals surface area contributed by atoms with E-state index in [1.54, 1.807) is 24.3 Å². The highest BCUT2D eigenvalue weighted by molar-refractivity contribution is 5.88. The third kappa shape index (κ3) is 4.94. The minimum atomic E-state index is -1.57. The molecule has 0 bridgehead atoms. The van der Waals surface area contributed by atoms with Gasteiger partial charge in [-0.3, -0.25) is 10.1 Å². The highest BCUT2D eigenvalue weighted by Gasteiger charge is 2.84. The summed E-state index contributed by atoms with van der Waals surface area (Å²) in [5, 5.41) is 36.4. The molecule has 0 spiro atoms. The number of aliphatic hydroxyl groups is 2. The van der Waals surface area contributed by atoms with Gasteiger partial charge in [0.2, 0.25) is 0 Å². The number of hydrogen-bond donors (Lipinski definition) is 2. The number of esters is 2. The molecular weight excluding hydrogens is 626 g/mol. The van der Waals surface area contributed by atoms with Crippen molar-refractivity contribution in [2.24, 2.45) is 16.7 Å². The van der Waals surface area contributed by atoms with E-state index >= 15 is 0 Å². The number of benzene rings is 2. The van der Waals surface area contributed by atoms with E-state index in [-0.39, 0.29) is 30.6 Å². The van der Waals surface area contributed by atoms with Crippen LogP contribution in [0.15, 0.2) is 78.4 Å². The predicted molar refractivity (Wildman–Crippen MR) is 181 cm³/mol. The second kappa shape index (κ2) is 11.7. The molecule has 1 aliphatic heterocycles. The number of nitro benzene ring substituents is 1. The zero-order chi connectivity index (χ0) is 34.8. The number of fused-ring (bicyclic) bond motifs is 4.